The van der Waals surface area contributed by atoms with Crippen LogP contribution in [0.3, 0.4) is 0 Å². The van der Waals surface area contributed by atoms with Crippen molar-refractivity contribution in [1.29, 1.82) is 0 Å². The molecule has 2 aromatic rings. The molecule has 0 bridgehead atoms. The molecular formula is C11H14N2OS. The zero-order valence-corrected chi connectivity index (χ0v) is 9.73. The standard InChI is InChI=1S/C11H14N2OS/c1-3-7-13-8-5-4-6-9(14-2)10(8)12-11(13)15/h4-6H,3,7H2,1-2H3,(H,12,15). The lowest BCUT2D eigenvalue weighted by Gasteiger charge is -2.03. The molecule has 0 spiro atoms. The van der Waals surface area contributed by atoms with Crippen LogP contribution in [0.1, 0.15) is 13.3 Å². The second-order valence-corrected chi connectivity index (χ2v) is 3.82. The topological polar surface area (TPSA) is 29.9 Å². The van der Waals surface area contributed by atoms with Crippen LogP contribution in [0, 0.1) is 4.77 Å². The monoisotopic (exact) mass is 222 g/mol. The lowest BCUT2D eigenvalue weighted by atomic mass is 10.3. The average Bonchev–Trinajstić information content (AvgIpc) is 2.56. The van der Waals surface area contributed by atoms with E-state index < -0.39 is 0 Å². The summed E-state index contributed by atoms with van der Waals surface area (Å²) in [6.45, 7) is 3.08. The summed E-state index contributed by atoms with van der Waals surface area (Å²) in [4.78, 5) is 3.18. The number of rotatable bonds is 3. The van der Waals surface area contributed by atoms with Crippen molar-refractivity contribution in [3.63, 3.8) is 0 Å². The highest BCUT2D eigenvalue weighted by molar-refractivity contribution is 7.71. The van der Waals surface area contributed by atoms with Crippen LogP contribution in [0.2, 0.25) is 0 Å². The number of ether oxygens (including phenoxy) is 1. The third-order valence-electron chi connectivity index (χ3n) is 2.44. The minimum Gasteiger partial charge on any atom is -0.494 e. The highest BCUT2D eigenvalue weighted by Gasteiger charge is 2.07. The van der Waals surface area contributed by atoms with Crippen molar-refractivity contribution in [2.75, 3.05) is 7.11 Å². The van der Waals surface area contributed by atoms with Gasteiger partial charge in [-0.05, 0) is 30.8 Å². The number of fused-ring (bicyclic) bond motifs is 1. The molecule has 0 aliphatic rings. The van der Waals surface area contributed by atoms with E-state index in [1.165, 1.54) is 0 Å². The Kier molecular flexibility index (Phi) is 2.77. The zero-order chi connectivity index (χ0) is 10.8. The quantitative estimate of drug-likeness (QED) is 0.809. The minimum absolute atomic E-state index is 0.761. The Morgan fingerprint density at radius 2 is 2.27 bits per heavy atom. The molecule has 0 aliphatic carbocycles. The Hall–Kier alpha value is -1.29. The van der Waals surface area contributed by atoms with E-state index in [1.807, 2.05) is 12.1 Å². The summed E-state index contributed by atoms with van der Waals surface area (Å²) in [5.74, 6) is 0.841. The number of aromatic amines is 1. The number of benzene rings is 1. The second-order valence-electron chi connectivity index (χ2n) is 3.44. The molecule has 0 radical (unpaired) electrons. The zero-order valence-electron chi connectivity index (χ0n) is 8.91. The number of nitrogens with zero attached hydrogens (tertiary/aromatic N) is 1. The highest BCUT2D eigenvalue weighted by atomic mass is 32.1. The predicted molar refractivity (Wildman–Crippen MR) is 64.0 cm³/mol. The van der Waals surface area contributed by atoms with Gasteiger partial charge in [0.05, 0.1) is 12.6 Å². The molecule has 0 unspecified atom stereocenters. The van der Waals surface area contributed by atoms with Crippen molar-refractivity contribution in [3.05, 3.63) is 23.0 Å². The van der Waals surface area contributed by atoms with Gasteiger partial charge >= 0.3 is 0 Å². The fourth-order valence-corrected chi connectivity index (χ4v) is 2.06. The van der Waals surface area contributed by atoms with Crippen molar-refractivity contribution in [2.24, 2.45) is 0 Å². The van der Waals surface area contributed by atoms with Gasteiger partial charge in [-0.3, -0.25) is 0 Å². The Labute approximate surface area is 93.7 Å². The van der Waals surface area contributed by atoms with Crippen LogP contribution in [-0.2, 0) is 6.54 Å². The van der Waals surface area contributed by atoms with Crippen LogP contribution in [0.5, 0.6) is 5.75 Å². The Bertz CT molecular complexity index is 527. The first-order chi connectivity index (χ1) is 7.27. The van der Waals surface area contributed by atoms with E-state index >= 15 is 0 Å². The molecule has 0 amide bonds. The molecule has 2 rings (SSSR count). The minimum atomic E-state index is 0.761. The molecule has 0 saturated heterocycles. The van der Waals surface area contributed by atoms with Crippen LogP contribution in [0.15, 0.2) is 18.2 Å². The Morgan fingerprint density at radius 3 is 2.93 bits per heavy atom. The van der Waals surface area contributed by atoms with Crippen LogP contribution in [-0.4, -0.2) is 16.7 Å². The summed E-state index contributed by atoms with van der Waals surface area (Å²) < 4.78 is 8.15. The van der Waals surface area contributed by atoms with Crippen molar-refractivity contribution in [3.8, 4) is 5.75 Å². The van der Waals surface area contributed by atoms with Gasteiger partial charge in [0.2, 0.25) is 0 Å². The molecule has 0 fully saturated rings. The van der Waals surface area contributed by atoms with Crippen molar-refractivity contribution in [1.82, 2.24) is 9.55 Å². The van der Waals surface area contributed by atoms with E-state index in [9.17, 15) is 0 Å². The maximum Gasteiger partial charge on any atom is 0.178 e. The normalized spacial score (nSPS) is 10.8. The molecule has 1 heterocycles. The first-order valence-corrected chi connectivity index (χ1v) is 5.44. The van der Waals surface area contributed by atoms with Gasteiger partial charge in [0.25, 0.3) is 0 Å². The van der Waals surface area contributed by atoms with Crippen LogP contribution in [0.25, 0.3) is 11.0 Å². The molecule has 15 heavy (non-hydrogen) atoms. The summed E-state index contributed by atoms with van der Waals surface area (Å²) in [7, 11) is 1.67. The number of aryl methyl sites for hydroxylation is 1. The number of para-hydroxylation sites is 1. The van der Waals surface area contributed by atoms with E-state index in [0.29, 0.717) is 0 Å². The maximum atomic E-state index is 5.28. The predicted octanol–water partition coefficient (Wildman–Crippen LogP) is 3.12. The van der Waals surface area contributed by atoms with E-state index in [0.717, 1.165) is 34.5 Å². The third kappa shape index (κ3) is 1.65. The van der Waals surface area contributed by atoms with Crippen molar-refractivity contribution in [2.45, 2.75) is 19.9 Å². The summed E-state index contributed by atoms with van der Waals surface area (Å²) in [5, 5.41) is 0. The summed E-state index contributed by atoms with van der Waals surface area (Å²) >= 11 is 5.28. The fourth-order valence-electron chi connectivity index (χ4n) is 1.77. The smallest absolute Gasteiger partial charge is 0.178 e. The molecule has 3 nitrogen and oxygen atoms in total. The summed E-state index contributed by atoms with van der Waals surface area (Å²) in [5.41, 5.74) is 2.10. The first-order valence-electron chi connectivity index (χ1n) is 5.03. The third-order valence-corrected chi connectivity index (χ3v) is 2.76. The lowest BCUT2D eigenvalue weighted by Crippen LogP contribution is -1.95. The second kappa shape index (κ2) is 4.06. The van der Waals surface area contributed by atoms with E-state index in [4.69, 9.17) is 17.0 Å². The number of aromatic nitrogens is 2. The van der Waals surface area contributed by atoms with Crippen LogP contribution in [0.4, 0.5) is 0 Å². The number of H-pyrrole nitrogens is 1. The molecule has 1 N–H and O–H groups in total. The summed E-state index contributed by atoms with van der Waals surface area (Å²) in [6.07, 6.45) is 1.07. The lowest BCUT2D eigenvalue weighted by molar-refractivity contribution is 0.419. The Balaban J connectivity index is 2.72. The molecule has 0 aliphatic heterocycles. The number of nitrogens with one attached hydrogen (secondary N) is 1. The van der Waals surface area contributed by atoms with Gasteiger partial charge in [0.1, 0.15) is 11.3 Å². The average molecular weight is 222 g/mol. The SMILES string of the molecule is CCCn1c(=S)[nH]c2c(OC)cccc21. The van der Waals surface area contributed by atoms with Gasteiger partial charge in [-0.15, -0.1) is 0 Å². The largest absolute Gasteiger partial charge is 0.494 e. The molecule has 4 heteroatoms. The number of hydrogen-bond donors (Lipinski definition) is 1. The van der Waals surface area contributed by atoms with Gasteiger partial charge in [-0.2, -0.15) is 0 Å². The number of hydrogen-bond acceptors (Lipinski definition) is 2. The first kappa shape index (κ1) is 10.2. The summed E-state index contributed by atoms with van der Waals surface area (Å²) in [6, 6.07) is 5.97. The molecular weight excluding hydrogens is 208 g/mol. The number of methoxy groups -OCH3 is 1. The van der Waals surface area contributed by atoms with Gasteiger partial charge < -0.3 is 14.3 Å². The molecule has 80 valence electrons. The van der Waals surface area contributed by atoms with E-state index in [1.54, 1.807) is 7.11 Å². The molecule has 1 aromatic heterocycles. The molecule has 0 atom stereocenters. The van der Waals surface area contributed by atoms with Crippen LogP contribution < -0.4 is 4.74 Å². The van der Waals surface area contributed by atoms with Gasteiger partial charge in [0, 0.05) is 6.54 Å². The van der Waals surface area contributed by atoms with Gasteiger partial charge in [0.15, 0.2) is 4.77 Å². The fraction of sp³-hybridized carbons (Fsp3) is 0.364. The van der Waals surface area contributed by atoms with Crippen LogP contribution >= 0.6 is 12.2 Å². The molecule has 0 saturated carbocycles. The Morgan fingerprint density at radius 1 is 1.47 bits per heavy atom. The van der Waals surface area contributed by atoms with Gasteiger partial charge in [-0.1, -0.05) is 13.0 Å². The van der Waals surface area contributed by atoms with Gasteiger partial charge in [-0.25, -0.2) is 0 Å². The van der Waals surface area contributed by atoms with E-state index in [2.05, 4.69) is 22.5 Å². The maximum absolute atomic E-state index is 5.28. The number of imidazole rings is 1. The molecule has 1 aromatic carbocycles. The van der Waals surface area contributed by atoms with Crippen molar-refractivity contribution < 1.29 is 4.74 Å². The van der Waals surface area contributed by atoms with Crippen molar-refractivity contribution >= 4 is 23.3 Å². The van der Waals surface area contributed by atoms with E-state index in [-0.39, 0.29) is 0 Å². The highest BCUT2D eigenvalue weighted by Crippen LogP contribution is 2.24.